The second-order valence-corrected chi connectivity index (χ2v) is 6.73. The van der Waals surface area contributed by atoms with Gasteiger partial charge in [-0.05, 0) is 36.6 Å². The first-order valence-electron chi connectivity index (χ1n) is 6.43. The lowest BCUT2D eigenvalue weighted by Gasteiger charge is -2.08. The zero-order chi connectivity index (χ0) is 15.5. The number of fused-ring (bicyclic) bond motifs is 1. The third kappa shape index (κ3) is 3.19. The first-order valence-corrected chi connectivity index (χ1v) is 8.85. The average molecular weight is 350 g/mol. The fraction of sp³-hybridized carbons (Fsp3) is 0.0667. The molecule has 0 saturated heterocycles. The summed E-state index contributed by atoms with van der Waals surface area (Å²) in [5.74, 6) is -0.192. The summed E-state index contributed by atoms with van der Waals surface area (Å²) in [7, 11) is 0. The Hall–Kier alpha value is -1.76. The number of hydrogen-bond acceptors (Lipinski definition) is 5. The number of carbonyl (C=O) groups is 1. The molecule has 0 radical (unpaired) electrons. The molecule has 2 N–H and O–H groups in total. The van der Waals surface area contributed by atoms with Gasteiger partial charge in [0.1, 0.15) is 0 Å². The number of hydrogen-bond donors (Lipinski definition) is 2. The molecule has 112 valence electrons. The zero-order valence-corrected chi connectivity index (χ0v) is 14.0. The molecule has 3 rings (SSSR count). The molecule has 1 amide bonds. The molecule has 0 bridgehead atoms. The van der Waals surface area contributed by atoms with Crippen LogP contribution in [0, 0.1) is 0 Å². The maximum Gasteiger partial charge on any atom is 0.270 e. The predicted molar refractivity (Wildman–Crippen MR) is 93.9 cm³/mol. The number of nitrogens with one attached hydrogen (secondary N) is 2. The van der Waals surface area contributed by atoms with E-state index in [9.17, 15) is 4.79 Å². The molecule has 0 aliphatic heterocycles. The van der Waals surface area contributed by atoms with Gasteiger partial charge < -0.3 is 0 Å². The summed E-state index contributed by atoms with van der Waals surface area (Å²) in [5, 5.41) is 1.29. The molecule has 3 aromatic rings. The van der Waals surface area contributed by atoms with E-state index in [1.54, 1.807) is 12.1 Å². The van der Waals surface area contributed by atoms with Crippen LogP contribution in [-0.4, -0.2) is 17.1 Å². The summed E-state index contributed by atoms with van der Waals surface area (Å²) in [6.07, 6.45) is 1.94. The van der Waals surface area contributed by atoms with E-state index in [2.05, 4.69) is 15.8 Å². The lowest BCUT2D eigenvalue weighted by molar-refractivity contribution is 0.0960. The standard InChI is InChI=1S/C15H12ClN3OS2/c1-21-12-5-3-2-4-10(12)14(20)18-19-15-17-11-7-6-9(16)8-13(11)22-15/h2-8H,1H3,(H,17,19)(H,18,20). The fourth-order valence-corrected chi connectivity index (χ4v) is 3.65. The van der Waals surface area contributed by atoms with E-state index in [4.69, 9.17) is 11.6 Å². The smallest absolute Gasteiger partial charge is 0.270 e. The van der Waals surface area contributed by atoms with Crippen molar-refractivity contribution in [3.8, 4) is 0 Å². The van der Waals surface area contributed by atoms with Crippen molar-refractivity contribution in [1.29, 1.82) is 0 Å². The Labute approximate surface area is 140 Å². The fourth-order valence-electron chi connectivity index (χ4n) is 1.96. The van der Waals surface area contributed by atoms with Gasteiger partial charge in [0.2, 0.25) is 5.13 Å². The summed E-state index contributed by atoms with van der Waals surface area (Å²) < 4.78 is 0.966. The summed E-state index contributed by atoms with van der Waals surface area (Å²) in [6.45, 7) is 0. The molecule has 0 spiro atoms. The van der Waals surface area contributed by atoms with Crippen LogP contribution in [0.4, 0.5) is 5.13 Å². The van der Waals surface area contributed by atoms with E-state index >= 15 is 0 Å². The van der Waals surface area contributed by atoms with Gasteiger partial charge in [0.15, 0.2) is 0 Å². The number of anilines is 1. The monoisotopic (exact) mass is 349 g/mol. The van der Waals surface area contributed by atoms with Gasteiger partial charge in [-0.1, -0.05) is 35.1 Å². The number of thiazole rings is 1. The van der Waals surface area contributed by atoms with Crippen LogP contribution in [0.5, 0.6) is 0 Å². The van der Waals surface area contributed by atoms with Gasteiger partial charge in [-0.15, -0.1) is 11.8 Å². The maximum atomic E-state index is 12.2. The minimum absolute atomic E-state index is 0.192. The number of aromatic nitrogens is 1. The van der Waals surface area contributed by atoms with Crippen molar-refractivity contribution >= 4 is 56.0 Å². The zero-order valence-electron chi connectivity index (χ0n) is 11.6. The van der Waals surface area contributed by atoms with Crippen molar-refractivity contribution in [1.82, 2.24) is 10.4 Å². The number of benzene rings is 2. The van der Waals surface area contributed by atoms with Gasteiger partial charge in [0, 0.05) is 9.92 Å². The van der Waals surface area contributed by atoms with Crippen molar-refractivity contribution in [2.75, 3.05) is 11.7 Å². The molecule has 22 heavy (non-hydrogen) atoms. The number of rotatable bonds is 4. The predicted octanol–water partition coefficient (Wildman–Crippen LogP) is 4.43. The summed E-state index contributed by atoms with van der Waals surface area (Å²) >= 11 is 8.92. The van der Waals surface area contributed by atoms with Gasteiger partial charge in [-0.2, -0.15) is 0 Å². The Morgan fingerprint density at radius 2 is 2.09 bits per heavy atom. The minimum Gasteiger partial charge on any atom is -0.273 e. The molecule has 1 heterocycles. The van der Waals surface area contributed by atoms with E-state index in [-0.39, 0.29) is 5.91 Å². The normalized spacial score (nSPS) is 10.6. The van der Waals surface area contributed by atoms with Gasteiger partial charge in [0.25, 0.3) is 5.91 Å². The van der Waals surface area contributed by atoms with E-state index in [0.717, 1.165) is 15.1 Å². The highest BCUT2D eigenvalue weighted by Crippen LogP contribution is 2.28. The van der Waals surface area contributed by atoms with Crippen molar-refractivity contribution in [3.63, 3.8) is 0 Å². The lowest BCUT2D eigenvalue weighted by atomic mass is 10.2. The summed E-state index contributed by atoms with van der Waals surface area (Å²) in [5.41, 5.74) is 7.01. The van der Waals surface area contributed by atoms with Gasteiger partial charge in [-0.25, -0.2) is 4.98 Å². The van der Waals surface area contributed by atoms with Crippen molar-refractivity contribution in [2.24, 2.45) is 0 Å². The highest BCUT2D eigenvalue weighted by atomic mass is 35.5. The van der Waals surface area contributed by atoms with Crippen LogP contribution in [0.1, 0.15) is 10.4 Å². The molecule has 0 aliphatic rings. The second-order valence-electron chi connectivity index (χ2n) is 4.41. The van der Waals surface area contributed by atoms with E-state index in [1.165, 1.54) is 23.1 Å². The lowest BCUT2D eigenvalue weighted by Crippen LogP contribution is -2.29. The van der Waals surface area contributed by atoms with Gasteiger partial charge >= 0.3 is 0 Å². The minimum atomic E-state index is -0.192. The summed E-state index contributed by atoms with van der Waals surface area (Å²) in [4.78, 5) is 17.6. The number of halogens is 1. The molecule has 2 aromatic carbocycles. The first kappa shape index (κ1) is 15.1. The third-order valence-corrected chi connectivity index (χ3v) is 4.95. The molecule has 0 saturated carbocycles. The number of hydrazine groups is 1. The molecule has 0 fully saturated rings. The van der Waals surface area contributed by atoms with Crippen LogP contribution < -0.4 is 10.9 Å². The molecule has 0 aliphatic carbocycles. The van der Waals surface area contributed by atoms with E-state index in [0.29, 0.717) is 15.7 Å². The number of nitrogens with zero attached hydrogens (tertiary/aromatic N) is 1. The molecular weight excluding hydrogens is 338 g/mol. The van der Waals surface area contributed by atoms with Crippen LogP contribution in [-0.2, 0) is 0 Å². The molecular formula is C15H12ClN3OS2. The Balaban J connectivity index is 1.74. The first-order chi connectivity index (χ1) is 10.7. The molecule has 4 nitrogen and oxygen atoms in total. The van der Waals surface area contributed by atoms with Crippen LogP contribution in [0.3, 0.4) is 0 Å². The molecule has 7 heteroatoms. The Morgan fingerprint density at radius 1 is 1.27 bits per heavy atom. The van der Waals surface area contributed by atoms with Crippen LogP contribution in [0.15, 0.2) is 47.4 Å². The van der Waals surface area contributed by atoms with E-state index < -0.39 is 0 Å². The number of thioether (sulfide) groups is 1. The quantitative estimate of drug-likeness (QED) is 0.540. The van der Waals surface area contributed by atoms with Gasteiger partial charge in [-0.3, -0.25) is 15.6 Å². The molecule has 0 unspecified atom stereocenters. The topological polar surface area (TPSA) is 54.0 Å². The second kappa shape index (κ2) is 6.56. The number of carbonyl (C=O) groups excluding carboxylic acids is 1. The molecule has 0 atom stereocenters. The number of amides is 1. The Bertz CT molecular complexity index is 835. The maximum absolute atomic E-state index is 12.2. The van der Waals surface area contributed by atoms with Gasteiger partial charge in [0.05, 0.1) is 15.8 Å². The summed E-state index contributed by atoms with van der Waals surface area (Å²) in [6, 6.07) is 13.0. The third-order valence-electron chi connectivity index (χ3n) is 2.99. The van der Waals surface area contributed by atoms with Crippen molar-refractivity contribution < 1.29 is 4.79 Å². The van der Waals surface area contributed by atoms with Crippen molar-refractivity contribution in [2.45, 2.75) is 4.90 Å². The average Bonchev–Trinajstić information content (AvgIpc) is 2.94. The largest absolute Gasteiger partial charge is 0.273 e. The van der Waals surface area contributed by atoms with Crippen molar-refractivity contribution in [3.05, 3.63) is 53.1 Å². The highest BCUT2D eigenvalue weighted by Gasteiger charge is 2.11. The van der Waals surface area contributed by atoms with E-state index in [1.807, 2.05) is 36.6 Å². The SMILES string of the molecule is CSc1ccccc1C(=O)NNc1nc2ccc(Cl)cc2s1. The highest BCUT2D eigenvalue weighted by molar-refractivity contribution is 7.98. The Morgan fingerprint density at radius 3 is 2.91 bits per heavy atom. The Kier molecular flexibility index (Phi) is 4.52. The molecule has 1 aromatic heterocycles. The van der Waals surface area contributed by atoms with Crippen LogP contribution in [0.25, 0.3) is 10.2 Å². The van der Waals surface area contributed by atoms with Crippen LogP contribution in [0.2, 0.25) is 5.02 Å². The van der Waals surface area contributed by atoms with Crippen LogP contribution >= 0.6 is 34.7 Å².